The first kappa shape index (κ1) is 19.2. The minimum absolute atomic E-state index is 0.819. The van der Waals surface area contributed by atoms with Gasteiger partial charge in [0.1, 0.15) is 0 Å². The molecule has 90 valence electrons. The van der Waals surface area contributed by atoms with Crippen molar-refractivity contribution in [3.63, 3.8) is 0 Å². The summed E-state index contributed by atoms with van der Waals surface area (Å²) >= 11 is 0. The van der Waals surface area contributed by atoms with E-state index in [1.807, 2.05) is 0 Å². The van der Waals surface area contributed by atoms with Crippen LogP contribution in [0.15, 0.2) is 38.5 Å². The molecule has 0 unspecified atom stereocenters. The van der Waals surface area contributed by atoms with Crippen LogP contribution in [0.5, 0.6) is 0 Å². The maximum atomic E-state index is 4.84. The van der Waals surface area contributed by atoms with Crippen LogP contribution in [-0.2, 0) is 14.2 Å². The summed E-state index contributed by atoms with van der Waals surface area (Å²) in [5.74, 6) is 0. The Bertz CT molecular complexity index is 114. The van der Waals surface area contributed by atoms with Crippen molar-refractivity contribution in [1.29, 1.82) is 0 Å². The Hall–Kier alpha value is -1.38. The van der Waals surface area contributed by atoms with E-state index in [1.54, 1.807) is 14.2 Å². The van der Waals surface area contributed by atoms with Crippen LogP contribution in [0.25, 0.3) is 0 Å². The van der Waals surface area contributed by atoms with E-state index in [2.05, 4.69) is 36.1 Å². The van der Waals surface area contributed by atoms with E-state index in [1.165, 1.54) is 25.2 Å². The van der Waals surface area contributed by atoms with Gasteiger partial charge in [0.15, 0.2) is 0 Å². The second kappa shape index (κ2) is 29.3. The highest BCUT2D eigenvalue weighted by molar-refractivity contribution is 4.47. The summed E-state index contributed by atoms with van der Waals surface area (Å²) in [5, 5.41) is 0. The third-order valence-electron chi connectivity index (χ3n) is 1.07. The van der Waals surface area contributed by atoms with Gasteiger partial charge in [0, 0.05) is 0 Å². The molecular weight excluding hydrogens is 192 g/mol. The molecule has 0 radical (unpaired) electrons. The van der Waals surface area contributed by atoms with E-state index >= 15 is 0 Å². The van der Waals surface area contributed by atoms with Crippen LogP contribution in [-0.4, -0.2) is 20.8 Å². The Balaban J connectivity index is -0.000000155. The molecule has 0 spiro atoms. The zero-order valence-corrected chi connectivity index (χ0v) is 10.2. The lowest BCUT2D eigenvalue weighted by Gasteiger charge is -1.93. The number of ether oxygens (including phenoxy) is 3. The van der Waals surface area contributed by atoms with Crippen LogP contribution in [0, 0.1) is 0 Å². The predicted molar refractivity (Wildman–Crippen MR) is 65.5 cm³/mol. The van der Waals surface area contributed by atoms with Gasteiger partial charge in [-0.1, -0.05) is 33.1 Å². The Morgan fingerprint density at radius 2 is 1.33 bits per heavy atom. The molecule has 3 nitrogen and oxygen atoms in total. The van der Waals surface area contributed by atoms with Crippen molar-refractivity contribution in [3.8, 4) is 0 Å². The van der Waals surface area contributed by atoms with Crippen molar-refractivity contribution >= 4 is 0 Å². The molecule has 15 heavy (non-hydrogen) atoms. The fourth-order valence-corrected chi connectivity index (χ4v) is 0.311. The molecule has 0 aliphatic heterocycles. The topological polar surface area (TPSA) is 27.7 Å². The average molecular weight is 216 g/mol. The standard InChI is InChI=1S/C6H12O.2C3H6O/c1-3-5-6-7-4-2;2*1-3-4-2/h4H,2-3,5-6H2,1H3;2*3H,1H2,2H3. The van der Waals surface area contributed by atoms with Crippen LogP contribution >= 0.6 is 0 Å². The molecule has 0 aromatic carbocycles. The first-order chi connectivity index (χ1) is 7.24. The van der Waals surface area contributed by atoms with Crippen molar-refractivity contribution < 1.29 is 14.2 Å². The molecule has 0 aromatic heterocycles. The summed E-state index contributed by atoms with van der Waals surface area (Å²) in [6.07, 6.45) is 6.55. The lowest BCUT2D eigenvalue weighted by molar-refractivity contribution is 0.245. The Morgan fingerprint density at radius 1 is 0.933 bits per heavy atom. The van der Waals surface area contributed by atoms with Gasteiger partial charge in [-0.3, -0.25) is 0 Å². The van der Waals surface area contributed by atoms with Gasteiger partial charge in [0.2, 0.25) is 0 Å². The van der Waals surface area contributed by atoms with Gasteiger partial charge in [-0.2, -0.15) is 0 Å². The molecular formula is C12H24O3. The third-order valence-corrected chi connectivity index (χ3v) is 1.07. The van der Waals surface area contributed by atoms with Gasteiger partial charge in [0.05, 0.1) is 39.6 Å². The van der Waals surface area contributed by atoms with Crippen LogP contribution in [0.1, 0.15) is 19.8 Å². The number of methoxy groups -OCH3 is 2. The third kappa shape index (κ3) is 66.7. The number of hydrogen-bond acceptors (Lipinski definition) is 3. The lowest BCUT2D eigenvalue weighted by Crippen LogP contribution is -1.83. The second-order valence-corrected chi connectivity index (χ2v) is 2.20. The van der Waals surface area contributed by atoms with Crippen LogP contribution in [0.2, 0.25) is 0 Å². The van der Waals surface area contributed by atoms with Crippen molar-refractivity contribution in [1.82, 2.24) is 0 Å². The van der Waals surface area contributed by atoms with Gasteiger partial charge in [-0.05, 0) is 6.42 Å². The van der Waals surface area contributed by atoms with Crippen molar-refractivity contribution in [3.05, 3.63) is 38.5 Å². The molecule has 0 rings (SSSR count). The molecule has 3 heteroatoms. The molecule has 0 saturated carbocycles. The highest BCUT2D eigenvalue weighted by Crippen LogP contribution is 1.85. The van der Waals surface area contributed by atoms with Gasteiger partial charge in [-0.25, -0.2) is 0 Å². The van der Waals surface area contributed by atoms with E-state index in [0.29, 0.717) is 0 Å². The lowest BCUT2D eigenvalue weighted by atomic mass is 10.4. The van der Waals surface area contributed by atoms with Crippen molar-refractivity contribution in [2.24, 2.45) is 0 Å². The first-order valence-corrected chi connectivity index (χ1v) is 4.74. The zero-order chi connectivity index (χ0) is 12.4. The fourth-order valence-electron chi connectivity index (χ4n) is 0.311. The van der Waals surface area contributed by atoms with Gasteiger partial charge < -0.3 is 14.2 Å². The first-order valence-electron chi connectivity index (χ1n) is 4.74. The summed E-state index contributed by atoms with van der Waals surface area (Å²) in [4.78, 5) is 0. The molecule has 0 aliphatic rings. The summed E-state index contributed by atoms with van der Waals surface area (Å²) in [5.41, 5.74) is 0. The minimum atomic E-state index is 0.819. The Kier molecular flexibility index (Phi) is 37.6. The monoisotopic (exact) mass is 216 g/mol. The fraction of sp³-hybridized carbons (Fsp3) is 0.500. The summed E-state index contributed by atoms with van der Waals surface area (Å²) in [7, 11) is 3.12. The Morgan fingerprint density at radius 3 is 1.53 bits per heavy atom. The number of hydrogen-bond donors (Lipinski definition) is 0. The van der Waals surface area contributed by atoms with E-state index in [4.69, 9.17) is 4.74 Å². The van der Waals surface area contributed by atoms with E-state index in [9.17, 15) is 0 Å². The maximum absolute atomic E-state index is 4.84. The highest BCUT2D eigenvalue weighted by atomic mass is 16.5. The molecule has 0 bridgehead atoms. The average Bonchev–Trinajstić information content (AvgIpc) is 2.30. The van der Waals surface area contributed by atoms with Crippen LogP contribution in [0.4, 0.5) is 0 Å². The predicted octanol–water partition coefficient (Wildman–Crippen LogP) is 3.50. The normalized spacial score (nSPS) is 6.60. The SMILES string of the molecule is C=COC.C=COC.C=COCCCC. The molecule has 0 atom stereocenters. The maximum Gasteiger partial charge on any atom is 0.0872 e. The second-order valence-electron chi connectivity index (χ2n) is 2.20. The summed E-state index contributed by atoms with van der Waals surface area (Å²) in [6.45, 7) is 12.9. The summed E-state index contributed by atoms with van der Waals surface area (Å²) < 4.78 is 13.4. The molecule has 0 aromatic rings. The van der Waals surface area contributed by atoms with Crippen LogP contribution in [0.3, 0.4) is 0 Å². The number of unbranched alkanes of at least 4 members (excludes halogenated alkanes) is 1. The van der Waals surface area contributed by atoms with E-state index in [-0.39, 0.29) is 0 Å². The minimum Gasteiger partial charge on any atom is -0.505 e. The van der Waals surface area contributed by atoms with Crippen molar-refractivity contribution in [2.45, 2.75) is 19.8 Å². The van der Waals surface area contributed by atoms with Gasteiger partial charge >= 0.3 is 0 Å². The molecule has 0 fully saturated rings. The number of rotatable bonds is 6. The highest BCUT2D eigenvalue weighted by Gasteiger charge is 1.76. The van der Waals surface area contributed by atoms with Crippen LogP contribution < -0.4 is 0 Å². The largest absolute Gasteiger partial charge is 0.505 e. The molecule has 0 heterocycles. The Labute approximate surface area is 94.0 Å². The van der Waals surface area contributed by atoms with E-state index < -0.39 is 0 Å². The molecule has 0 amide bonds. The van der Waals surface area contributed by atoms with Gasteiger partial charge in [-0.15, -0.1) is 0 Å². The van der Waals surface area contributed by atoms with Gasteiger partial charge in [0.25, 0.3) is 0 Å². The summed E-state index contributed by atoms with van der Waals surface area (Å²) in [6, 6.07) is 0. The van der Waals surface area contributed by atoms with Crippen molar-refractivity contribution in [2.75, 3.05) is 20.8 Å². The molecule has 0 saturated heterocycles. The molecule has 0 aliphatic carbocycles. The zero-order valence-electron chi connectivity index (χ0n) is 10.2. The van der Waals surface area contributed by atoms with E-state index in [0.717, 1.165) is 13.0 Å². The quantitative estimate of drug-likeness (QED) is 0.502. The smallest absolute Gasteiger partial charge is 0.0872 e. The molecule has 0 N–H and O–H groups in total.